The van der Waals surface area contributed by atoms with Crippen molar-refractivity contribution in [3.63, 3.8) is 0 Å². The molecule has 0 unspecified atom stereocenters. The summed E-state index contributed by atoms with van der Waals surface area (Å²) >= 11 is 5.89. The zero-order valence-corrected chi connectivity index (χ0v) is 18.8. The molecule has 0 fully saturated rings. The van der Waals surface area contributed by atoms with E-state index < -0.39 is 0 Å². The summed E-state index contributed by atoms with van der Waals surface area (Å²) in [5.74, 6) is 1.47. The second kappa shape index (κ2) is 9.98. The predicted octanol–water partition coefficient (Wildman–Crippen LogP) is 6.91. The van der Waals surface area contributed by atoms with Crippen molar-refractivity contribution >= 4 is 34.4 Å². The van der Waals surface area contributed by atoms with Gasteiger partial charge in [-0.05, 0) is 59.7 Å². The average Bonchev–Trinajstić information content (AvgIpc) is 2.85. The molecule has 0 bridgehead atoms. The van der Waals surface area contributed by atoms with E-state index in [2.05, 4.69) is 23.5 Å². The molecular weight excluding hydrogens is 416 g/mol. The first-order valence-electron chi connectivity index (χ1n) is 10.2. The van der Waals surface area contributed by atoms with E-state index in [0.717, 1.165) is 33.9 Å². The van der Waals surface area contributed by atoms with Gasteiger partial charge in [0.05, 0.1) is 25.6 Å². The molecule has 0 spiro atoms. The van der Waals surface area contributed by atoms with Crippen LogP contribution >= 0.6 is 12.2 Å². The minimum atomic E-state index is 0.521. The highest BCUT2D eigenvalue weighted by Gasteiger charge is 2.17. The molecule has 0 saturated heterocycles. The molecule has 0 aliphatic heterocycles. The monoisotopic (exact) mass is 440 g/mol. The van der Waals surface area contributed by atoms with Crippen molar-refractivity contribution in [2.75, 3.05) is 24.4 Å². The van der Waals surface area contributed by atoms with Gasteiger partial charge in [-0.2, -0.15) is 0 Å². The number of hydrogen-bond acceptors (Lipinski definition) is 3. The topological polar surface area (TPSA) is 33.7 Å². The Labute approximate surface area is 194 Å². The summed E-state index contributed by atoms with van der Waals surface area (Å²) in [4.78, 5) is 1.98. The summed E-state index contributed by atoms with van der Waals surface area (Å²) < 4.78 is 11.0. The number of hydrogen-bond donors (Lipinski definition) is 1. The molecule has 1 N–H and O–H groups in total. The number of para-hydroxylation sites is 1. The van der Waals surface area contributed by atoms with Gasteiger partial charge in [0, 0.05) is 11.8 Å². The summed E-state index contributed by atoms with van der Waals surface area (Å²) in [6.45, 7) is 0. The highest BCUT2D eigenvalue weighted by atomic mass is 32.1. The molecule has 160 valence electrons. The number of benzene rings is 4. The molecule has 4 nitrogen and oxygen atoms in total. The van der Waals surface area contributed by atoms with Crippen LogP contribution in [-0.2, 0) is 0 Å². The molecule has 0 aliphatic carbocycles. The second-order valence-corrected chi connectivity index (χ2v) is 7.47. The summed E-state index contributed by atoms with van der Waals surface area (Å²) in [5, 5.41) is 3.92. The van der Waals surface area contributed by atoms with Crippen LogP contribution in [0.25, 0.3) is 11.1 Å². The number of rotatable bonds is 6. The lowest BCUT2D eigenvalue weighted by molar-refractivity contribution is 0.415. The van der Waals surface area contributed by atoms with Crippen LogP contribution in [0.1, 0.15) is 0 Å². The van der Waals surface area contributed by atoms with Crippen molar-refractivity contribution in [1.29, 1.82) is 0 Å². The quantitative estimate of drug-likeness (QED) is 0.330. The number of methoxy groups -OCH3 is 2. The average molecular weight is 441 g/mol. The van der Waals surface area contributed by atoms with Gasteiger partial charge in [0.2, 0.25) is 0 Å². The highest BCUT2D eigenvalue weighted by molar-refractivity contribution is 7.80. The van der Waals surface area contributed by atoms with Gasteiger partial charge >= 0.3 is 0 Å². The van der Waals surface area contributed by atoms with E-state index in [9.17, 15) is 0 Å². The maximum Gasteiger partial charge on any atom is 0.182 e. The first kappa shape index (κ1) is 21.4. The number of nitrogens with one attached hydrogen (secondary N) is 1. The predicted molar refractivity (Wildman–Crippen MR) is 136 cm³/mol. The Morgan fingerprint density at radius 1 is 0.688 bits per heavy atom. The molecule has 0 heterocycles. The van der Waals surface area contributed by atoms with Crippen molar-refractivity contribution in [1.82, 2.24) is 0 Å². The largest absolute Gasteiger partial charge is 0.497 e. The van der Waals surface area contributed by atoms with Crippen LogP contribution in [0.2, 0.25) is 0 Å². The maximum absolute atomic E-state index is 5.89. The second-order valence-electron chi connectivity index (χ2n) is 7.08. The van der Waals surface area contributed by atoms with E-state index in [1.54, 1.807) is 14.2 Å². The molecule has 0 saturated carbocycles. The molecule has 5 heteroatoms. The summed E-state index contributed by atoms with van der Waals surface area (Å²) in [6.07, 6.45) is 0. The zero-order valence-electron chi connectivity index (χ0n) is 18.0. The lowest BCUT2D eigenvalue weighted by Crippen LogP contribution is -2.30. The van der Waals surface area contributed by atoms with Crippen LogP contribution < -0.4 is 19.7 Å². The fourth-order valence-electron chi connectivity index (χ4n) is 3.50. The third-order valence-electron chi connectivity index (χ3n) is 5.08. The van der Waals surface area contributed by atoms with Crippen LogP contribution in [0, 0.1) is 0 Å². The Balaban J connectivity index is 1.72. The molecule has 4 rings (SSSR count). The molecule has 0 aromatic heterocycles. The van der Waals surface area contributed by atoms with Crippen LogP contribution in [0.3, 0.4) is 0 Å². The first-order chi connectivity index (χ1) is 15.7. The molecule has 32 heavy (non-hydrogen) atoms. The summed E-state index contributed by atoms with van der Waals surface area (Å²) in [7, 11) is 3.31. The lowest BCUT2D eigenvalue weighted by Gasteiger charge is -2.27. The Morgan fingerprint density at radius 3 is 2.06 bits per heavy atom. The smallest absolute Gasteiger partial charge is 0.182 e. The normalized spacial score (nSPS) is 10.3. The standard InChI is InChI=1S/C27H24N2O2S/c1-30-24-15-9-14-23(19-24)29(22-12-7-4-8-13-22)27(32)28-25-18-21(16-17-26(25)31-2)20-10-5-3-6-11-20/h3-19H,1-2H3,(H,28,32). The lowest BCUT2D eigenvalue weighted by atomic mass is 10.0. The van der Waals surface area contributed by atoms with Gasteiger partial charge in [-0.25, -0.2) is 0 Å². The summed E-state index contributed by atoms with van der Waals surface area (Å²) in [5.41, 5.74) is 4.83. The van der Waals surface area contributed by atoms with E-state index in [1.165, 1.54) is 0 Å². The minimum absolute atomic E-state index is 0.521. The van der Waals surface area contributed by atoms with Gasteiger partial charge < -0.3 is 14.8 Å². The van der Waals surface area contributed by atoms with Crippen molar-refractivity contribution < 1.29 is 9.47 Å². The number of nitrogens with zero attached hydrogens (tertiary/aromatic N) is 1. The Bertz CT molecular complexity index is 1200. The van der Waals surface area contributed by atoms with Crippen molar-refractivity contribution in [2.24, 2.45) is 0 Å². The van der Waals surface area contributed by atoms with Gasteiger partial charge in [-0.3, -0.25) is 4.90 Å². The van der Waals surface area contributed by atoms with E-state index in [-0.39, 0.29) is 0 Å². The molecule has 4 aromatic carbocycles. The maximum atomic E-state index is 5.89. The van der Waals surface area contributed by atoms with E-state index in [1.807, 2.05) is 89.8 Å². The van der Waals surface area contributed by atoms with Crippen LogP contribution in [0.15, 0.2) is 103 Å². The SMILES string of the molecule is COc1cccc(N(C(=S)Nc2cc(-c3ccccc3)ccc2OC)c2ccccc2)c1. The molecule has 0 amide bonds. The van der Waals surface area contributed by atoms with Crippen molar-refractivity contribution in [3.05, 3.63) is 103 Å². The van der Waals surface area contributed by atoms with E-state index >= 15 is 0 Å². The van der Waals surface area contributed by atoms with Crippen LogP contribution in [0.4, 0.5) is 17.1 Å². The minimum Gasteiger partial charge on any atom is -0.497 e. The van der Waals surface area contributed by atoms with Crippen molar-refractivity contribution in [2.45, 2.75) is 0 Å². The Morgan fingerprint density at radius 2 is 1.38 bits per heavy atom. The molecule has 0 aliphatic rings. The van der Waals surface area contributed by atoms with Gasteiger partial charge in [-0.15, -0.1) is 0 Å². The fraction of sp³-hybridized carbons (Fsp3) is 0.0741. The van der Waals surface area contributed by atoms with Gasteiger partial charge in [0.15, 0.2) is 5.11 Å². The first-order valence-corrected chi connectivity index (χ1v) is 10.6. The van der Waals surface area contributed by atoms with Gasteiger partial charge in [-0.1, -0.05) is 60.7 Å². The number of ether oxygens (including phenoxy) is 2. The van der Waals surface area contributed by atoms with Crippen molar-refractivity contribution in [3.8, 4) is 22.6 Å². The zero-order chi connectivity index (χ0) is 22.3. The molecule has 0 atom stereocenters. The Hall–Kier alpha value is -3.83. The fourth-order valence-corrected chi connectivity index (χ4v) is 3.82. The van der Waals surface area contributed by atoms with E-state index in [0.29, 0.717) is 10.9 Å². The van der Waals surface area contributed by atoms with Crippen LogP contribution in [-0.4, -0.2) is 19.3 Å². The third kappa shape index (κ3) is 4.74. The van der Waals surface area contributed by atoms with Crippen LogP contribution in [0.5, 0.6) is 11.5 Å². The Kier molecular flexibility index (Phi) is 6.68. The molecular formula is C27H24N2O2S. The molecule has 0 radical (unpaired) electrons. The number of thiocarbonyl (C=S) groups is 1. The molecule has 4 aromatic rings. The van der Waals surface area contributed by atoms with Gasteiger partial charge in [0.25, 0.3) is 0 Å². The highest BCUT2D eigenvalue weighted by Crippen LogP contribution is 2.33. The number of anilines is 3. The van der Waals surface area contributed by atoms with Gasteiger partial charge in [0.1, 0.15) is 11.5 Å². The third-order valence-corrected chi connectivity index (χ3v) is 5.36. The summed E-state index contributed by atoms with van der Waals surface area (Å²) in [6, 6.07) is 34.1. The van der Waals surface area contributed by atoms with E-state index in [4.69, 9.17) is 21.7 Å².